The molecule has 2 saturated heterocycles. The Morgan fingerprint density at radius 2 is 2.07 bits per heavy atom. The van der Waals surface area contributed by atoms with Gasteiger partial charge < -0.3 is 19.1 Å². The number of piperidine rings is 1. The summed E-state index contributed by atoms with van der Waals surface area (Å²) >= 11 is 0. The van der Waals surface area contributed by atoms with E-state index in [1.807, 2.05) is 6.92 Å². The lowest BCUT2D eigenvalue weighted by Gasteiger charge is -2.40. The van der Waals surface area contributed by atoms with Gasteiger partial charge in [-0.3, -0.25) is 15.0 Å². The molecule has 0 radical (unpaired) electrons. The minimum absolute atomic E-state index is 0.0679. The van der Waals surface area contributed by atoms with E-state index in [4.69, 9.17) is 14.2 Å². The Kier molecular flexibility index (Phi) is 6.40. The summed E-state index contributed by atoms with van der Waals surface area (Å²) in [6.07, 6.45) is -1.03. The summed E-state index contributed by atoms with van der Waals surface area (Å²) in [4.78, 5) is 26.4. The molecular formula is C20H28FN3O5. The van der Waals surface area contributed by atoms with Gasteiger partial charge in [0.2, 0.25) is 5.91 Å². The van der Waals surface area contributed by atoms with Crippen molar-refractivity contribution in [3.05, 3.63) is 29.6 Å². The summed E-state index contributed by atoms with van der Waals surface area (Å²) in [6, 6.07) is 4.37. The molecule has 2 fully saturated rings. The van der Waals surface area contributed by atoms with Gasteiger partial charge in [-0.1, -0.05) is 13.0 Å². The fourth-order valence-electron chi connectivity index (χ4n) is 3.90. The maximum atomic E-state index is 15.0. The number of benzene rings is 1. The Bertz CT molecular complexity index is 762. The third-order valence-electron chi connectivity index (χ3n) is 5.85. The van der Waals surface area contributed by atoms with Crippen LogP contribution in [0.3, 0.4) is 0 Å². The predicted molar refractivity (Wildman–Crippen MR) is 104 cm³/mol. The van der Waals surface area contributed by atoms with Crippen LogP contribution in [0.4, 0.5) is 14.9 Å². The number of hydrogen-bond donors (Lipinski definition) is 1. The highest BCUT2D eigenvalue weighted by molar-refractivity contribution is 5.90. The largest absolute Gasteiger partial charge is 0.423 e. The summed E-state index contributed by atoms with van der Waals surface area (Å²) in [7, 11) is 4.81. The monoisotopic (exact) mass is 409 g/mol. The zero-order valence-electron chi connectivity index (χ0n) is 17.3. The van der Waals surface area contributed by atoms with E-state index in [0.717, 1.165) is 0 Å². The second-order valence-electron chi connectivity index (χ2n) is 7.53. The maximum absolute atomic E-state index is 15.0. The van der Waals surface area contributed by atoms with Crippen molar-refractivity contribution in [2.45, 2.75) is 44.9 Å². The van der Waals surface area contributed by atoms with Crippen LogP contribution in [0.1, 0.15) is 31.9 Å². The van der Waals surface area contributed by atoms with Gasteiger partial charge in [0.25, 0.3) is 0 Å². The van der Waals surface area contributed by atoms with Crippen LogP contribution < -0.4 is 10.2 Å². The molecule has 2 aliphatic heterocycles. The molecule has 0 bridgehead atoms. The molecule has 3 rings (SSSR count). The third-order valence-corrected chi connectivity index (χ3v) is 5.85. The van der Waals surface area contributed by atoms with E-state index >= 15 is 0 Å². The van der Waals surface area contributed by atoms with E-state index in [9.17, 15) is 14.0 Å². The Balaban J connectivity index is 1.78. The minimum atomic E-state index is -0.700. The highest BCUT2D eigenvalue weighted by Gasteiger charge is 2.38. The van der Waals surface area contributed by atoms with Gasteiger partial charge in [-0.25, -0.2) is 9.18 Å². The molecule has 0 aliphatic carbocycles. The number of ether oxygens (including phenoxy) is 3. The highest BCUT2D eigenvalue weighted by Crippen LogP contribution is 2.34. The second-order valence-corrected chi connectivity index (χ2v) is 7.53. The number of hydrogen-bond acceptors (Lipinski definition) is 6. The zero-order valence-corrected chi connectivity index (χ0v) is 17.3. The molecule has 0 saturated carbocycles. The first-order valence-corrected chi connectivity index (χ1v) is 9.59. The maximum Gasteiger partial charge on any atom is 0.416 e. The van der Waals surface area contributed by atoms with Crippen LogP contribution in [-0.4, -0.2) is 63.3 Å². The van der Waals surface area contributed by atoms with Crippen molar-refractivity contribution >= 4 is 17.7 Å². The number of carbonyl (C=O) groups is 2. The number of amides is 2. The number of cyclic esters (lactones) is 1. The fourth-order valence-corrected chi connectivity index (χ4v) is 3.90. The van der Waals surface area contributed by atoms with Crippen LogP contribution in [-0.2, 0) is 19.0 Å². The Hall–Kier alpha value is -2.23. The predicted octanol–water partition coefficient (Wildman–Crippen LogP) is 2.24. The highest BCUT2D eigenvalue weighted by atomic mass is 19.1. The lowest BCUT2D eigenvalue weighted by Crippen LogP contribution is -2.50. The molecule has 1 aromatic rings. The first kappa shape index (κ1) is 21.5. The van der Waals surface area contributed by atoms with Gasteiger partial charge in [0.1, 0.15) is 12.0 Å². The molecule has 9 heteroatoms. The minimum Gasteiger partial charge on any atom is -0.423 e. The Morgan fingerprint density at radius 1 is 1.34 bits per heavy atom. The molecule has 8 nitrogen and oxygen atoms in total. The lowest BCUT2D eigenvalue weighted by molar-refractivity contribution is -0.134. The van der Waals surface area contributed by atoms with Crippen molar-refractivity contribution in [1.82, 2.24) is 10.2 Å². The number of likely N-dealkylation sites (N-methyl/N-ethyl adjacent to an activating group) is 1. The van der Waals surface area contributed by atoms with E-state index in [2.05, 4.69) is 5.32 Å². The molecule has 1 aromatic carbocycles. The number of methoxy groups -OCH3 is 2. The van der Waals surface area contributed by atoms with Crippen molar-refractivity contribution in [2.24, 2.45) is 5.92 Å². The van der Waals surface area contributed by atoms with E-state index in [1.165, 1.54) is 22.8 Å². The van der Waals surface area contributed by atoms with Crippen LogP contribution in [0.15, 0.2) is 18.2 Å². The summed E-state index contributed by atoms with van der Waals surface area (Å²) < 4.78 is 31.3. The Labute approximate surface area is 169 Å². The number of carbonyl (C=O) groups excluding carboxylic acids is 2. The smallest absolute Gasteiger partial charge is 0.416 e. The number of halogens is 1. The van der Waals surface area contributed by atoms with Crippen LogP contribution in [0.25, 0.3) is 0 Å². The lowest BCUT2D eigenvalue weighted by atomic mass is 9.87. The fraction of sp³-hybridized carbons (Fsp3) is 0.600. The van der Waals surface area contributed by atoms with E-state index in [-0.39, 0.29) is 36.7 Å². The molecule has 4 unspecified atom stereocenters. The van der Waals surface area contributed by atoms with Crippen molar-refractivity contribution in [3.63, 3.8) is 0 Å². The SMILES string of the molecule is COC1CC(c2ccc(N3C[C@H](N(C)C(C)=O)OC3=O)cc2F)NC(OC)C1C. The van der Waals surface area contributed by atoms with Crippen LogP contribution in [0, 0.1) is 11.7 Å². The van der Waals surface area contributed by atoms with Gasteiger partial charge in [0.05, 0.1) is 18.3 Å². The van der Waals surface area contributed by atoms with E-state index < -0.39 is 18.1 Å². The van der Waals surface area contributed by atoms with Crippen molar-refractivity contribution < 1.29 is 28.2 Å². The summed E-state index contributed by atoms with van der Waals surface area (Å²) in [6.45, 7) is 3.56. The summed E-state index contributed by atoms with van der Waals surface area (Å²) in [5.74, 6) is -0.530. The van der Waals surface area contributed by atoms with Gasteiger partial charge in [0.15, 0.2) is 6.23 Å². The average Bonchev–Trinajstić information content (AvgIpc) is 3.09. The number of rotatable bonds is 5. The normalized spacial score (nSPS) is 29.7. The summed E-state index contributed by atoms with van der Waals surface area (Å²) in [5.41, 5.74) is 0.862. The molecule has 2 amide bonds. The van der Waals surface area contributed by atoms with Gasteiger partial charge in [-0.2, -0.15) is 0 Å². The number of nitrogens with one attached hydrogen (secondary N) is 1. The van der Waals surface area contributed by atoms with Crippen molar-refractivity contribution in [3.8, 4) is 0 Å². The van der Waals surface area contributed by atoms with Crippen LogP contribution in [0.2, 0.25) is 0 Å². The second kappa shape index (κ2) is 8.64. The topological polar surface area (TPSA) is 80.3 Å². The number of anilines is 1. The van der Waals surface area contributed by atoms with Crippen molar-refractivity contribution in [2.75, 3.05) is 32.7 Å². The first-order chi connectivity index (χ1) is 13.8. The Morgan fingerprint density at radius 3 is 2.66 bits per heavy atom. The molecule has 29 heavy (non-hydrogen) atoms. The molecule has 2 heterocycles. The van der Waals surface area contributed by atoms with E-state index in [1.54, 1.807) is 33.4 Å². The van der Waals surface area contributed by atoms with Gasteiger partial charge in [-0.15, -0.1) is 0 Å². The quantitative estimate of drug-likeness (QED) is 0.804. The molecule has 0 spiro atoms. The molecule has 0 aromatic heterocycles. The standard InChI is InChI=1S/C20H28FN3O5/c1-11-17(27-4)9-16(22-19(11)28-5)14-7-6-13(8-15(14)21)24-10-18(29-20(24)26)23(3)12(2)25/h6-8,11,16-19,22H,9-10H2,1-5H3/t11?,16?,17?,18-,19?/m1/s1. The van der Waals surface area contributed by atoms with Gasteiger partial charge in [-0.05, 0) is 18.6 Å². The van der Waals surface area contributed by atoms with Crippen LogP contribution >= 0.6 is 0 Å². The molecule has 2 aliphatic rings. The summed E-state index contributed by atoms with van der Waals surface area (Å²) in [5, 5.41) is 3.31. The molecular weight excluding hydrogens is 381 g/mol. The first-order valence-electron chi connectivity index (χ1n) is 9.59. The molecule has 160 valence electrons. The van der Waals surface area contributed by atoms with Gasteiger partial charge in [0, 0.05) is 45.7 Å². The number of nitrogens with zero attached hydrogens (tertiary/aromatic N) is 2. The average molecular weight is 409 g/mol. The van der Waals surface area contributed by atoms with Gasteiger partial charge >= 0.3 is 6.09 Å². The van der Waals surface area contributed by atoms with E-state index in [0.29, 0.717) is 17.7 Å². The van der Waals surface area contributed by atoms with Crippen molar-refractivity contribution in [1.29, 1.82) is 0 Å². The van der Waals surface area contributed by atoms with Crippen LogP contribution in [0.5, 0.6) is 0 Å². The zero-order chi connectivity index (χ0) is 21.3. The molecule has 5 atom stereocenters. The third kappa shape index (κ3) is 4.22. The molecule has 1 N–H and O–H groups in total.